The Kier molecular flexibility index (Phi) is 6.46. The lowest BCUT2D eigenvalue weighted by atomic mass is 10.2. The van der Waals surface area contributed by atoms with Crippen LogP contribution in [0.4, 0.5) is 4.39 Å². The van der Waals surface area contributed by atoms with Crippen LogP contribution in [0.5, 0.6) is 11.5 Å². The Morgan fingerprint density at radius 1 is 1.00 bits per heavy atom. The van der Waals surface area contributed by atoms with Gasteiger partial charge in [0.05, 0.1) is 18.2 Å². The van der Waals surface area contributed by atoms with E-state index in [1.54, 1.807) is 54.6 Å². The molecule has 0 atom stereocenters. The van der Waals surface area contributed by atoms with Crippen LogP contribution in [-0.4, -0.2) is 21.7 Å². The molecule has 0 aliphatic carbocycles. The molecule has 29 heavy (non-hydrogen) atoms. The highest BCUT2D eigenvalue weighted by Crippen LogP contribution is 2.28. The second-order valence-electron chi connectivity index (χ2n) is 5.96. The molecule has 0 bridgehead atoms. The summed E-state index contributed by atoms with van der Waals surface area (Å²) in [5.74, 6) is 0.495. The molecule has 0 aliphatic rings. The predicted octanol–water partition coefficient (Wildman–Crippen LogP) is 3.73. The third-order valence-electron chi connectivity index (χ3n) is 3.97. The number of sulfonamides is 1. The SMILES string of the molecule is COc1cc(/C=N/NS(=O)(=O)c2ccccc2)ccc1OCc1ccccc1F. The lowest BCUT2D eigenvalue weighted by Crippen LogP contribution is -2.18. The number of nitrogens with one attached hydrogen (secondary N) is 1. The second-order valence-corrected chi connectivity index (χ2v) is 7.62. The molecule has 0 radical (unpaired) electrons. The normalized spacial score (nSPS) is 11.4. The van der Waals surface area contributed by atoms with E-state index in [0.29, 0.717) is 22.6 Å². The number of nitrogens with zero attached hydrogens (tertiary/aromatic N) is 1. The van der Waals surface area contributed by atoms with Crippen molar-refractivity contribution in [3.63, 3.8) is 0 Å². The van der Waals surface area contributed by atoms with Crippen molar-refractivity contribution in [3.05, 3.63) is 89.7 Å². The first-order valence-electron chi connectivity index (χ1n) is 8.64. The molecule has 0 fully saturated rings. The second kappa shape index (κ2) is 9.20. The molecule has 0 amide bonds. The molecule has 3 rings (SSSR count). The highest BCUT2D eigenvalue weighted by Gasteiger charge is 2.11. The van der Waals surface area contributed by atoms with E-state index in [4.69, 9.17) is 9.47 Å². The molecule has 0 unspecified atom stereocenters. The molecule has 3 aromatic carbocycles. The number of hydrogen-bond donors (Lipinski definition) is 1. The number of rotatable bonds is 8. The first kappa shape index (κ1) is 20.3. The van der Waals surface area contributed by atoms with Crippen molar-refractivity contribution in [3.8, 4) is 11.5 Å². The topological polar surface area (TPSA) is 77.0 Å². The van der Waals surface area contributed by atoms with Crippen LogP contribution in [0.25, 0.3) is 0 Å². The van der Waals surface area contributed by atoms with Crippen molar-refractivity contribution in [2.24, 2.45) is 5.10 Å². The third-order valence-corrected chi connectivity index (χ3v) is 5.21. The molecule has 0 saturated carbocycles. The minimum Gasteiger partial charge on any atom is -0.493 e. The molecule has 8 heteroatoms. The van der Waals surface area contributed by atoms with Crippen molar-refractivity contribution < 1.29 is 22.3 Å². The van der Waals surface area contributed by atoms with E-state index < -0.39 is 10.0 Å². The van der Waals surface area contributed by atoms with Gasteiger partial charge in [-0.05, 0) is 42.0 Å². The van der Waals surface area contributed by atoms with Gasteiger partial charge in [-0.15, -0.1) is 0 Å². The summed E-state index contributed by atoms with van der Waals surface area (Å²) in [6, 6.07) is 19.2. The maximum atomic E-state index is 13.7. The Morgan fingerprint density at radius 3 is 2.45 bits per heavy atom. The monoisotopic (exact) mass is 414 g/mol. The largest absolute Gasteiger partial charge is 0.493 e. The van der Waals surface area contributed by atoms with Gasteiger partial charge in [-0.3, -0.25) is 0 Å². The quantitative estimate of drug-likeness (QED) is 0.450. The maximum Gasteiger partial charge on any atom is 0.276 e. The summed E-state index contributed by atoms with van der Waals surface area (Å²) in [6.07, 6.45) is 1.35. The van der Waals surface area contributed by atoms with Crippen molar-refractivity contribution in [2.45, 2.75) is 11.5 Å². The maximum absolute atomic E-state index is 13.7. The lowest BCUT2D eigenvalue weighted by Gasteiger charge is -2.11. The van der Waals surface area contributed by atoms with Crippen LogP contribution in [0.2, 0.25) is 0 Å². The van der Waals surface area contributed by atoms with Gasteiger partial charge in [-0.2, -0.15) is 13.5 Å². The first-order valence-corrected chi connectivity index (χ1v) is 10.1. The van der Waals surface area contributed by atoms with E-state index >= 15 is 0 Å². The number of methoxy groups -OCH3 is 1. The Hall–Kier alpha value is -3.39. The van der Waals surface area contributed by atoms with E-state index in [2.05, 4.69) is 9.93 Å². The van der Waals surface area contributed by atoms with Gasteiger partial charge in [-0.1, -0.05) is 36.4 Å². The smallest absolute Gasteiger partial charge is 0.276 e. The summed E-state index contributed by atoms with van der Waals surface area (Å²) in [5.41, 5.74) is 1.02. The Bertz CT molecular complexity index is 1100. The fourth-order valence-corrected chi connectivity index (χ4v) is 3.29. The zero-order valence-corrected chi connectivity index (χ0v) is 16.4. The average Bonchev–Trinajstić information content (AvgIpc) is 2.74. The summed E-state index contributed by atoms with van der Waals surface area (Å²) in [5, 5.41) is 3.79. The van der Waals surface area contributed by atoms with Gasteiger partial charge in [0.15, 0.2) is 11.5 Å². The van der Waals surface area contributed by atoms with Crippen LogP contribution in [-0.2, 0) is 16.6 Å². The standard InChI is InChI=1S/C21H19FN2O4S/c1-27-21-13-16(14-23-24-29(25,26)18-8-3-2-4-9-18)11-12-20(21)28-15-17-7-5-6-10-19(17)22/h2-14,24H,15H2,1H3/b23-14+. The van der Waals surface area contributed by atoms with Crippen molar-refractivity contribution in [2.75, 3.05) is 7.11 Å². The van der Waals surface area contributed by atoms with Crippen LogP contribution in [0.3, 0.4) is 0 Å². The van der Waals surface area contributed by atoms with E-state index in [-0.39, 0.29) is 17.3 Å². The Balaban J connectivity index is 1.68. The summed E-state index contributed by atoms with van der Waals surface area (Å²) < 4.78 is 49.0. The minimum absolute atomic E-state index is 0.0490. The molecule has 0 heterocycles. The zero-order valence-electron chi connectivity index (χ0n) is 15.6. The molecule has 150 valence electrons. The summed E-state index contributed by atoms with van der Waals surface area (Å²) in [4.78, 5) is 2.27. The van der Waals surface area contributed by atoms with E-state index in [0.717, 1.165) is 0 Å². The minimum atomic E-state index is -3.74. The molecule has 0 aliphatic heterocycles. The molecule has 0 aromatic heterocycles. The van der Waals surface area contributed by atoms with E-state index in [9.17, 15) is 12.8 Å². The van der Waals surface area contributed by atoms with E-state index in [1.807, 2.05) is 0 Å². The van der Waals surface area contributed by atoms with Crippen LogP contribution < -0.4 is 14.3 Å². The summed E-state index contributed by atoms with van der Waals surface area (Å²) in [6.45, 7) is 0.0490. The van der Waals surface area contributed by atoms with Crippen LogP contribution in [0, 0.1) is 5.82 Å². The van der Waals surface area contributed by atoms with Crippen molar-refractivity contribution >= 4 is 16.2 Å². The van der Waals surface area contributed by atoms with Crippen LogP contribution in [0.15, 0.2) is 82.8 Å². The summed E-state index contributed by atoms with van der Waals surface area (Å²) >= 11 is 0. The highest BCUT2D eigenvalue weighted by molar-refractivity contribution is 7.89. The van der Waals surface area contributed by atoms with Gasteiger partial charge in [-0.25, -0.2) is 9.22 Å². The Labute approximate surface area is 168 Å². The molecule has 6 nitrogen and oxygen atoms in total. The first-order chi connectivity index (χ1) is 14.0. The predicted molar refractivity (Wildman–Crippen MR) is 108 cm³/mol. The molecular formula is C21H19FN2O4S. The van der Waals surface area contributed by atoms with Gasteiger partial charge < -0.3 is 9.47 Å². The van der Waals surface area contributed by atoms with Gasteiger partial charge in [0, 0.05) is 5.56 Å². The van der Waals surface area contributed by atoms with Gasteiger partial charge in [0.25, 0.3) is 10.0 Å². The molecule has 0 saturated heterocycles. The number of hydrogen-bond acceptors (Lipinski definition) is 5. The number of hydrazone groups is 1. The number of ether oxygens (including phenoxy) is 2. The van der Waals surface area contributed by atoms with E-state index in [1.165, 1.54) is 31.5 Å². The number of halogens is 1. The lowest BCUT2D eigenvalue weighted by molar-refractivity contribution is 0.279. The fraction of sp³-hybridized carbons (Fsp3) is 0.0952. The zero-order chi connectivity index (χ0) is 20.7. The van der Waals surface area contributed by atoms with Crippen molar-refractivity contribution in [1.29, 1.82) is 0 Å². The molecule has 0 spiro atoms. The Morgan fingerprint density at radius 2 is 1.72 bits per heavy atom. The van der Waals surface area contributed by atoms with Crippen molar-refractivity contribution in [1.82, 2.24) is 4.83 Å². The van der Waals surface area contributed by atoms with Gasteiger partial charge >= 0.3 is 0 Å². The third kappa shape index (κ3) is 5.32. The fourth-order valence-electron chi connectivity index (χ4n) is 2.48. The summed E-state index contributed by atoms with van der Waals surface area (Å²) in [7, 11) is -2.26. The molecule has 3 aromatic rings. The average molecular weight is 414 g/mol. The van der Waals surface area contributed by atoms with Gasteiger partial charge in [0.2, 0.25) is 0 Å². The van der Waals surface area contributed by atoms with Crippen LogP contribution in [0.1, 0.15) is 11.1 Å². The molecule has 1 N–H and O–H groups in total. The highest BCUT2D eigenvalue weighted by atomic mass is 32.2. The molecular weight excluding hydrogens is 395 g/mol. The van der Waals surface area contributed by atoms with Crippen LogP contribution >= 0.6 is 0 Å². The van der Waals surface area contributed by atoms with Gasteiger partial charge in [0.1, 0.15) is 12.4 Å². The number of benzene rings is 3.